The Labute approximate surface area is 227 Å². The second-order valence-corrected chi connectivity index (χ2v) is 11.6. The molecule has 0 aliphatic carbocycles. The Hall–Kier alpha value is -1.57. The van der Waals surface area contributed by atoms with Gasteiger partial charge in [-0.25, -0.2) is 4.39 Å². The summed E-state index contributed by atoms with van der Waals surface area (Å²) >= 11 is 3.76. The van der Waals surface area contributed by atoms with E-state index >= 15 is 0 Å². The van der Waals surface area contributed by atoms with E-state index in [-0.39, 0.29) is 30.6 Å². The fraction of sp³-hybridized carbons (Fsp3) is 0.370. The second-order valence-electron chi connectivity index (χ2n) is 9.30. The van der Waals surface area contributed by atoms with Crippen LogP contribution in [0.5, 0.6) is 0 Å². The largest absolute Gasteiger partial charge is 0.366 e. The van der Waals surface area contributed by atoms with E-state index < -0.39 is 0 Å². The van der Waals surface area contributed by atoms with Crippen LogP contribution >= 0.6 is 47.9 Å². The zero-order valence-electron chi connectivity index (χ0n) is 20.0. The highest BCUT2D eigenvalue weighted by molar-refractivity contribution is 8.08. The van der Waals surface area contributed by atoms with Crippen molar-refractivity contribution in [3.63, 3.8) is 0 Å². The van der Waals surface area contributed by atoms with Gasteiger partial charge in [0, 0.05) is 47.5 Å². The predicted molar refractivity (Wildman–Crippen MR) is 152 cm³/mol. The first-order valence-electron chi connectivity index (χ1n) is 11.7. The Morgan fingerprint density at radius 2 is 2.03 bits per heavy atom. The van der Waals surface area contributed by atoms with Crippen molar-refractivity contribution in [3.8, 4) is 0 Å². The number of hydrogen-bond donors (Lipinski definition) is 1. The molecule has 1 unspecified atom stereocenters. The van der Waals surface area contributed by atoms with Crippen molar-refractivity contribution in [2.75, 3.05) is 19.6 Å². The fourth-order valence-corrected chi connectivity index (χ4v) is 7.17. The Morgan fingerprint density at radius 1 is 1.17 bits per heavy atom. The Bertz CT molecular complexity index is 1260. The number of hydrogen-bond acceptors (Lipinski definition) is 5. The number of aromatic nitrogens is 1. The average molecular weight is 553 g/mol. The molecule has 0 saturated carbocycles. The molecule has 1 atom stereocenters. The highest BCUT2D eigenvalue weighted by Crippen LogP contribution is 2.39. The molecular formula is C27H32Cl2FN3S2. The monoisotopic (exact) mass is 551 g/mol. The van der Waals surface area contributed by atoms with Crippen LogP contribution in [-0.2, 0) is 12.8 Å². The summed E-state index contributed by atoms with van der Waals surface area (Å²) in [7, 11) is 0. The molecule has 3 nitrogen and oxygen atoms in total. The van der Waals surface area contributed by atoms with Crippen LogP contribution in [0.2, 0.25) is 0 Å². The van der Waals surface area contributed by atoms with Crippen molar-refractivity contribution < 1.29 is 4.39 Å². The lowest BCUT2D eigenvalue weighted by atomic mass is 10.0. The number of nitrogens with zero attached hydrogens (tertiary/aromatic N) is 2. The molecule has 2 aromatic heterocycles. The number of thioether (sulfide) groups is 1. The summed E-state index contributed by atoms with van der Waals surface area (Å²) in [6.45, 7) is 7.40. The van der Waals surface area contributed by atoms with Crippen LogP contribution in [0.1, 0.15) is 36.3 Å². The lowest BCUT2D eigenvalue weighted by molar-refractivity contribution is 0.268. The van der Waals surface area contributed by atoms with Crippen LogP contribution in [0.15, 0.2) is 52.9 Å². The molecule has 1 fully saturated rings. The molecule has 1 aromatic carbocycles. The molecule has 4 heterocycles. The van der Waals surface area contributed by atoms with Gasteiger partial charge in [0.2, 0.25) is 0 Å². The highest BCUT2D eigenvalue weighted by Gasteiger charge is 2.26. The van der Waals surface area contributed by atoms with E-state index in [0.29, 0.717) is 12.0 Å². The molecule has 5 rings (SSSR count). The molecule has 1 N–H and O–H groups in total. The Balaban J connectivity index is 0.00000171. The minimum atomic E-state index is -0.154. The summed E-state index contributed by atoms with van der Waals surface area (Å²) < 4.78 is 15.0. The SMILES string of the molecule is CC(C)Cc1cc2c(s1)SC=c1cccnc1=C2N1CCNC(CCc2cccc(F)c2)C1.Cl.Cl. The van der Waals surface area contributed by atoms with Crippen LogP contribution in [-0.4, -0.2) is 35.6 Å². The van der Waals surface area contributed by atoms with E-state index in [9.17, 15) is 4.39 Å². The molecule has 2 aliphatic heterocycles. The maximum absolute atomic E-state index is 13.6. The third kappa shape index (κ3) is 6.60. The van der Waals surface area contributed by atoms with Gasteiger partial charge in [0.15, 0.2) is 0 Å². The van der Waals surface area contributed by atoms with E-state index in [2.05, 4.69) is 41.6 Å². The topological polar surface area (TPSA) is 28.2 Å². The Kier molecular flexibility index (Phi) is 10.1. The van der Waals surface area contributed by atoms with Crippen molar-refractivity contribution in [2.24, 2.45) is 5.92 Å². The molecule has 3 aromatic rings. The maximum atomic E-state index is 13.6. The van der Waals surface area contributed by atoms with Crippen molar-refractivity contribution in [2.45, 2.75) is 43.4 Å². The maximum Gasteiger partial charge on any atom is 0.123 e. The number of piperazine rings is 1. The normalized spacial score (nSPS) is 17.0. The molecule has 0 bridgehead atoms. The van der Waals surface area contributed by atoms with E-state index in [1.807, 2.05) is 41.4 Å². The lowest BCUT2D eigenvalue weighted by Crippen LogP contribution is -2.51. The first-order valence-corrected chi connectivity index (χ1v) is 13.4. The molecular weight excluding hydrogens is 520 g/mol. The van der Waals surface area contributed by atoms with Crippen LogP contribution in [0.25, 0.3) is 11.1 Å². The number of thiophene rings is 1. The molecule has 1 saturated heterocycles. The van der Waals surface area contributed by atoms with Gasteiger partial charge in [0.05, 0.1) is 15.3 Å². The molecule has 188 valence electrons. The van der Waals surface area contributed by atoms with Crippen LogP contribution in [0, 0.1) is 11.7 Å². The van der Waals surface area contributed by atoms with Gasteiger partial charge in [0.1, 0.15) is 5.82 Å². The number of rotatable bonds is 6. The summed E-state index contributed by atoms with van der Waals surface area (Å²) in [6, 6.07) is 13.9. The number of pyridine rings is 1. The van der Waals surface area contributed by atoms with Gasteiger partial charge < -0.3 is 10.2 Å². The van der Waals surface area contributed by atoms with E-state index in [1.54, 1.807) is 12.1 Å². The van der Waals surface area contributed by atoms with Gasteiger partial charge in [-0.3, -0.25) is 4.98 Å². The summed E-state index contributed by atoms with van der Waals surface area (Å²) in [6.07, 6.45) is 4.88. The fourth-order valence-electron chi connectivity index (χ4n) is 4.71. The van der Waals surface area contributed by atoms with Gasteiger partial charge >= 0.3 is 0 Å². The zero-order valence-corrected chi connectivity index (χ0v) is 23.3. The minimum absolute atomic E-state index is 0. The molecule has 0 spiro atoms. The van der Waals surface area contributed by atoms with Gasteiger partial charge in [-0.05, 0) is 60.4 Å². The highest BCUT2D eigenvalue weighted by atomic mass is 35.5. The van der Waals surface area contributed by atoms with Gasteiger partial charge in [-0.15, -0.1) is 36.2 Å². The third-order valence-corrected chi connectivity index (χ3v) is 8.51. The zero-order chi connectivity index (χ0) is 22.8. The van der Waals surface area contributed by atoms with Gasteiger partial charge in [0.25, 0.3) is 0 Å². The van der Waals surface area contributed by atoms with Crippen LogP contribution < -0.4 is 15.9 Å². The lowest BCUT2D eigenvalue weighted by Gasteiger charge is -2.36. The third-order valence-electron chi connectivity index (χ3n) is 6.21. The van der Waals surface area contributed by atoms with Crippen molar-refractivity contribution in [1.82, 2.24) is 15.2 Å². The molecule has 0 radical (unpaired) electrons. The van der Waals surface area contributed by atoms with E-state index in [1.165, 1.54) is 31.6 Å². The number of benzene rings is 1. The summed E-state index contributed by atoms with van der Waals surface area (Å²) in [5, 5.41) is 8.23. The smallest absolute Gasteiger partial charge is 0.123 e. The Morgan fingerprint density at radius 3 is 2.83 bits per heavy atom. The summed E-state index contributed by atoms with van der Waals surface area (Å²) in [5.41, 5.74) is 3.66. The number of halogens is 3. The summed E-state index contributed by atoms with van der Waals surface area (Å²) in [4.78, 5) is 8.83. The predicted octanol–water partition coefficient (Wildman–Crippen LogP) is 5.23. The van der Waals surface area contributed by atoms with Crippen molar-refractivity contribution >= 4 is 59.0 Å². The molecule has 35 heavy (non-hydrogen) atoms. The molecule has 8 heteroatoms. The first-order chi connectivity index (χ1) is 16.1. The van der Waals surface area contributed by atoms with E-state index in [4.69, 9.17) is 4.98 Å². The molecule has 0 amide bonds. The standard InChI is InChI=1S/C27H30FN3S2.2ClH/c1-18(2)13-23-15-24-26(25-20(6-4-10-30-25)17-32-27(24)33-23)31-12-11-29-22(16-31)9-8-19-5-3-7-21(28)14-19;;/h3-7,10,14-15,17-18,22,29H,8-9,11-13,16H2,1-2H3;2*1H. The average Bonchev–Trinajstić information content (AvgIpc) is 3.12. The van der Waals surface area contributed by atoms with Gasteiger partial charge in [-0.2, -0.15) is 0 Å². The van der Waals surface area contributed by atoms with E-state index in [0.717, 1.165) is 49.8 Å². The minimum Gasteiger partial charge on any atom is -0.366 e. The second kappa shape index (κ2) is 12.6. The number of nitrogens with one attached hydrogen (secondary N) is 1. The van der Waals surface area contributed by atoms with Gasteiger partial charge in [-0.1, -0.05) is 43.8 Å². The summed E-state index contributed by atoms with van der Waals surface area (Å²) in [5.74, 6) is 0.486. The molecule has 2 aliphatic rings. The number of aryl methyl sites for hydroxylation is 1. The van der Waals surface area contributed by atoms with Crippen LogP contribution in [0.3, 0.4) is 0 Å². The van der Waals surface area contributed by atoms with Crippen molar-refractivity contribution in [1.29, 1.82) is 0 Å². The van der Waals surface area contributed by atoms with Crippen molar-refractivity contribution in [3.05, 3.63) is 81.1 Å². The van der Waals surface area contributed by atoms with Crippen LogP contribution in [0.4, 0.5) is 4.39 Å². The quantitative estimate of drug-likeness (QED) is 0.454. The first kappa shape index (κ1) is 28.0. The number of fused-ring (bicyclic) bond motifs is 2.